The molecule has 9 N–H and O–H groups in total. The van der Waals surface area contributed by atoms with Crippen LogP contribution in [0.2, 0.25) is 0 Å². The van der Waals surface area contributed by atoms with E-state index in [9.17, 15) is 39.9 Å². The average molecular weight is 1940 g/mol. The standard InChI is InChI=1S/C24H27N5O2.2C23H25N5O2.C21H24N6O.C20H28N4O/c1-28-11-7-18(14-23(28)31)17-3-4-19(21(30)13-17)20-5-6-22(27-26-20)29-12-9-24(16-29)8-2-10-25-15-24;1-26-9-8-17-13-28(14-20(17)26)22-6-5-19(24-25-22)18-4-3-15(11-21(18)29)16-7-10-27(2)23(30)12-16;1-26-11-17-13-28(14-18(17)12-26)22-6-5-20(24-25-22)19-4-3-15(9-21(19)29)16-7-8-27(2)23(30)10-16;28-19-10-15(16-11-23-24-12-16)2-3-17(19)18-4-5-20(26-25-18)27-9-7-21(14-27)6-1-8-22-13-21;1-19(2)12-14(13-20(3,4)23-19)24(5)18-11-10-16(21-22-18)15-8-6-7-9-17(15)25/h3-7,11,13-14,25,30H,2,8-10,12,15-16H2,1H3;3-7,10-12,17,20,29H,8-9,13-14H2,1-2H3;3-10,17-18,29H,11-14H2,1-2H3;2-5,10-12,22,28H,1,6-9,13-14H2,(H,23,24);6-11,14,23,25H,12-13H2,1-5H3/t;17-,20+;17-,18+;;/m.1.../s1. The van der Waals surface area contributed by atoms with Crippen LogP contribution in [0.1, 0.15) is 85.5 Å². The van der Waals surface area contributed by atoms with Crippen LogP contribution >= 0.6 is 0 Å². The Labute approximate surface area is 838 Å². The van der Waals surface area contributed by atoms with Crippen molar-refractivity contribution in [2.75, 3.05) is 144 Å². The summed E-state index contributed by atoms with van der Waals surface area (Å²) in [5, 5.41) is 114. The molecule has 5 aromatic carbocycles. The Hall–Kier alpha value is -14.6. The van der Waals surface area contributed by atoms with Crippen molar-refractivity contribution >= 4 is 29.1 Å². The Morgan fingerprint density at radius 1 is 0.375 bits per heavy atom. The van der Waals surface area contributed by atoms with Crippen molar-refractivity contribution in [1.82, 2.24) is 101 Å². The van der Waals surface area contributed by atoms with Crippen molar-refractivity contribution in [3.8, 4) is 130 Å². The third kappa shape index (κ3) is 22.1. The Morgan fingerprint density at radius 3 is 1.12 bits per heavy atom. The van der Waals surface area contributed by atoms with Crippen LogP contribution in [0.3, 0.4) is 0 Å². The lowest BCUT2D eigenvalue weighted by molar-refractivity contribution is 0.160. The van der Waals surface area contributed by atoms with E-state index in [1.54, 1.807) is 107 Å². The topological polar surface area (TPSA) is 384 Å². The van der Waals surface area contributed by atoms with Crippen molar-refractivity contribution in [1.29, 1.82) is 0 Å². The first-order valence-electron chi connectivity index (χ1n) is 50.0. The number of likely N-dealkylation sites (N-methyl/N-ethyl adjacent to an activating group) is 1. The molecular formula is C111H129N25O8. The van der Waals surface area contributed by atoms with Gasteiger partial charge in [0.1, 0.15) is 28.7 Å². The molecule has 0 radical (unpaired) electrons. The lowest BCUT2D eigenvalue weighted by Gasteiger charge is -2.49. The second-order valence-electron chi connectivity index (χ2n) is 42.0. The summed E-state index contributed by atoms with van der Waals surface area (Å²) in [5.41, 5.74) is 13.7. The first kappa shape index (κ1) is 98.2. The Kier molecular flexibility index (Phi) is 28.4. The smallest absolute Gasteiger partial charge is 0.250 e. The minimum absolute atomic E-state index is 0.0872. The molecule has 14 aromatic rings. The van der Waals surface area contributed by atoms with Crippen molar-refractivity contribution in [2.24, 2.45) is 49.7 Å². The van der Waals surface area contributed by atoms with Crippen LogP contribution in [0.4, 0.5) is 29.1 Å². The third-order valence-electron chi connectivity index (χ3n) is 30.5. The number of aromatic amines is 1. The number of rotatable bonds is 15. The number of hydrogen-bond acceptors (Lipinski definition) is 29. The number of anilines is 5. The van der Waals surface area contributed by atoms with Crippen LogP contribution in [0.15, 0.2) is 239 Å². The number of hydrogen-bond donors (Lipinski definition) is 9. The van der Waals surface area contributed by atoms with Gasteiger partial charge in [-0.25, -0.2) is 0 Å². The number of phenolic OH excluding ortho intramolecular Hbond substituents is 5. The molecule has 9 aromatic heterocycles. The Balaban J connectivity index is 0.000000114. The number of benzene rings is 5. The molecule has 18 heterocycles. The van der Waals surface area contributed by atoms with E-state index in [-0.39, 0.29) is 56.5 Å². The maximum Gasteiger partial charge on any atom is 0.250 e. The van der Waals surface area contributed by atoms with Crippen molar-refractivity contribution in [2.45, 2.75) is 109 Å². The molecule has 0 amide bonds. The number of phenols is 5. The highest BCUT2D eigenvalue weighted by atomic mass is 16.3. The van der Waals surface area contributed by atoms with Gasteiger partial charge in [-0.2, -0.15) is 5.10 Å². The zero-order chi connectivity index (χ0) is 100. The van der Waals surface area contributed by atoms with Crippen LogP contribution in [-0.2, 0) is 21.1 Å². The van der Waals surface area contributed by atoms with Crippen LogP contribution < -0.4 is 57.1 Å². The molecule has 0 aliphatic carbocycles. The zero-order valence-corrected chi connectivity index (χ0v) is 83.6. The summed E-state index contributed by atoms with van der Waals surface area (Å²) in [4.78, 5) is 52.0. The highest BCUT2D eigenvalue weighted by molar-refractivity contribution is 5.79. The SMILES string of the molecule is CN(c1ccc(-c2ccccc2O)nn1)C1CC(C)(C)NC(C)(C)C1.CN1CC[C@@H]2CN(c3ccc(-c4ccc(-c5ccn(C)c(=O)c5)cc4O)nn3)C[C@@H]21.CN1C[C@@H]2CN(c3ccc(-c4ccc(-c5ccn(C)c(=O)c5)cc4O)nn3)C[C@@H]2C1.Cn1ccc(-c2ccc(-c3ccc(N4CCC5(CCCNC5)C4)nn3)c(O)c2)cc1=O.Oc1cc(-c2cn[nH]c2)ccc1-c1ccc(N2CCC3(CCCNC3)C2)nn1. The number of aryl methyl sites for hydroxylation is 3. The van der Waals surface area contributed by atoms with Gasteiger partial charge in [-0.15, -0.1) is 51.0 Å². The molecule has 2 spiro atoms. The van der Waals surface area contributed by atoms with Crippen LogP contribution in [0.25, 0.3) is 101 Å². The third-order valence-corrected chi connectivity index (χ3v) is 30.5. The van der Waals surface area contributed by atoms with Gasteiger partial charge in [0.2, 0.25) is 0 Å². The maximum atomic E-state index is 11.9. The lowest BCUT2D eigenvalue weighted by atomic mass is 9.79. The van der Waals surface area contributed by atoms with Gasteiger partial charge in [-0.1, -0.05) is 36.4 Å². The molecule has 33 heteroatoms. The van der Waals surface area contributed by atoms with Crippen LogP contribution in [0, 0.1) is 28.6 Å². The van der Waals surface area contributed by atoms with Gasteiger partial charge < -0.3 is 89.5 Å². The number of aromatic hydroxyl groups is 5. The first-order valence-corrected chi connectivity index (χ1v) is 50.0. The molecule has 746 valence electrons. The fourth-order valence-electron chi connectivity index (χ4n) is 22.7. The van der Waals surface area contributed by atoms with E-state index >= 15 is 0 Å². The summed E-state index contributed by atoms with van der Waals surface area (Å²) in [6.45, 7) is 25.1. The fraction of sp³-hybridized carbons (Fsp3) is 0.387. The molecule has 33 nitrogen and oxygen atoms in total. The number of piperidine rings is 3. The van der Waals surface area contributed by atoms with Crippen LogP contribution in [-0.4, -0.2) is 253 Å². The number of pyridine rings is 3. The molecule has 23 rings (SSSR count). The number of para-hydroxylation sites is 1. The summed E-state index contributed by atoms with van der Waals surface area (Å²) < 4.78 is 4.54. The molecule has 144 heavy (non-hydrogen) atoms. The molecule has 6 atom stereocenters. The summed E-state index contributed by atoms with van der Waals surface area (Å²) in [5.74, 6) is 7.35. The van der Waals surface area contributed by atoms with E-state index in [1.165, 1.54) is 65.2 Å². The number of H-pyrrole nitrogens is 1. The van der Waals surface area contributed by atoms with Gasteiger partial charge in [-0.05, 0) is 315 Å². The highest BCUT2D eigenvalue weighted by Gasteiger charge is 2.45. The summed E-state index contributed by atoms with van der Waals surface area (Å²) in [7, 11) is 11.6. The monoisotopic (exact) mass is 1940 g/mol. The number of fused-ring (bicyclic) bond motifs is 2. The van der Waals surface area contributed by atoms with Gasteiger partial charge in [0.05, 0.1) is 34.7 Å². The molecule has 9 saturated heterocycles. The largest absolute Gasteiger partial charge is 0.507 e. The number of nitrogens with one attached hydrogen (secondary N) is 4. The molecule has 2 unspecified atom stereocenters. The molecular weight excluding hydrogens is 1810 g/mol. The van der Waals surface area contributed by atoms with Crippen molar-refractivity contribution in [3.63, 3.8) is 0 Å². The summed E-state index contributed by atoms with van der Waals surface area (Å²) in [6.07, 6.45) is 19.5. The van der Waals surface area contributed by atoms with Crippen LogP contribution in [0.5, 0.6) is 28.7 Å². The van der Waals surface area contributed by atoms with Crippen molar-refractivity contribution in [3.05, 3.63) is 256 Å². The highest BCUT2D eigenvalue weighted by Crippen LogP contribution is 2.45. The van der Waals surface area contributed by atoms with E-state index in [4.69, 9.17) is 0 Å². The maximum absolute atomic E-state index is 11.9. The van der Waals surface area contributed by atoms with Gasteiger partial charge in [-0.3, -0.25) is 19.5 Å². The number of nitrogens with zero attached hydrogens (tertiary/aromatic N) is 21. The van der Waals surface area contributed by atoms with Gasteiger partial charge in [0.15, 0.2) is 29.1 Å². The van der Waals surface area contributed by atoms with E-state index in [0.29, 0.717) is 97.0 Å². The predicted octanol–water partition coefficient (Wildman–Crippen LogP) is 13.8. The first-order chi connectivity index (χ1) is 69.4. The van der Waals surface area contributed by atoms with Crippen molar-refractivity contribution < 1.29 is 25.5 Å². The molecule has 9 aliphatic heterocycles. The molecule has 9 fully saturated rings. The predicted molar refractivity (Wildman–Crippen MR) is 564 cm³/mol. The lowest BCUT2D eigenvalue weighted by Crippen LogP contribution is -2.62. The second kappa shape index (κ2) is 41.7. The summed E-state index contributed by atoms with van der Waals surface area (Å²) in [6, 6.07) is 59.7. The van der Waals surface area contributed by atoms with E-state index in [1.807, 2.05) is 140 Å². The van der Waals surface area contributed by atoms with E-state index < -0.39 is 0 Å². The quantitative estimate of drug-likeness (QED) is 0.0460. The molecule has 9 aliphatic rings. The van der Waals surface area contributed by atoms with Gasteiger partial charge in [0, 0.05) is 217 Å². The fourth-order valence-corrected chi connectivity index (χ4v) is 22.7. The Morgan fingerprint density at radius 2 is 0.757 bits per heavy atom. The zero-order valence-electron chi connectivity index (χ0n) is 83.6. The van der Waals surface area contributed by atoms with E-state index in [0.717, 1.165) is 178 Å². The Bertz CT molecular complexity index is 7020. The average Bonchev–Trinajstić information content (AvgIpc) is 1.47. The number of likely N-dealkylation sites (tertiary alicyclic amines) is 2. The molecule has 0 saturated carbocycles. The molecule has 0 bridgehead atoms. The van der Waals surface area contributed by atoms with E-state index in [2.05, 4.69) is 160 Å². The minimum Gasteiger partial charge on any atom is -0.507 e. The summed E-state index contributed by atoms with van der Waals surface area (Å²) >= 11 is 0. The van der Waals surface area contributed by atoms with Gasteiger partial charge >= 0.3 is 0 Å². The second-order valence-corrected chi connectivity index (χ2v) is 42.0. The van der Waals surface area contributed by atoms with Gasteiger partial charge in [0.25, 0.3) is 16.7 Å². The normalized spacial score (nSPS) is 21.0. The minimum atomic E-state index is -0.0882. The number of aromatic nitrogens is 15.